The number of ether oxygens (including phenoxy) is 1. The van der Waals surface area contributed by atoms with E-state index in [0.29, 0.717) is 17.1 Å². The molecule has 0 bridgehead atoms. The first-order valence-electron chi connectivity index (χ1n) is 7.40. The van der Waals surface area contributed by atoms with Gasteiger partial charge in [0.05, 0.1) is 0 Å². The van der Waals surface area contributed by atoms with Gasteiger partial charge < -0.3 is 19.6 Å². The maximum Gasteiger partial charge on any atom is 0.352 e. The van der Waals surface area contributed by atoms with Crippen LogP contribution >= 0.6 is 11.8 Å². The molecule has 0 radical (unpaired) electrons. The molecule has 9 heteroatoms. The molecule has 132 valence electrons. The zero-order valence-electron chi connectivity index (χ0n) is 13.4. The van der Waals surface area contributed by atoms with Crippen LogP contribution in [0, 0.1) is 0 Å². The highest BCUT2D eigenvalue weighted by atomic mass is 32.2. The van der Waals surface area contributed by atoms with E-state index in [1.54, 1.807) is 6.07 Å². The number of amides is 2. The lowest BCUT2D eigenvalue weighted by atomic mass is 10.0. The third-order valence-electron chi connectivity index (χ3n) is 3.91. The van der Waals surface area contributed by atoms with E-state index in [-0.39, 0.29) is 18.1 Å². The Bertz CT molecular complexity index is 783. The van der Waals surface area contributed by atoms with Crippen LogP contribution in [0.1, 0.15) is 16.3 Å². The number of nitrogens with one attached hydrogen (secondary N) is 1. The molecule has 25 heavy (non-hydrogen) atoms. The minimum absolute atomic E-state index is 0.0693. The Morgan fingerprint density at radius 2 is 2.32 bits per heavy atom. The molecule has 0 saturated carbocycles. The van der Waals surface area contributed by atoms with Crippen molar-refractivity contribution in [2.75, 3.05) is 12.9 Å². The molecule has 2 atom stereocenters. The summed E-state index contributed by atoms with van der Waals surface area (Å²) in [5.74, 6) is -1.21. The molecule has 1 aromatic rings. The lowest BCUT2D eigenvalue weighted by molar-refractivity contribution is -0.148. The van der Waals surface area contributed by atoms with E-state index in [1.165, 1.54) is 35.9 Å². The molecule has 0 unspecified atom stereocenters. The van der Waals surface area contributed by atoms with E-state index in [0.717, 1.165) is 0 Å². The Balaban J connectivity index is 1.73. The van der Waals surface area contributed by atoms with E-state index in [2.05, 4.69) is 11.9 Å². The summed E-state index contributed by atoms with van der Waals surface area (Å²) >= 11 is 1.38. The fourth-order valence-electron chi connectivity index (χ4n) is 2.73. The molecule has 0 spiro atoms. The van der Waals surface area contributed by atoms with Gasteiger partial charge in [0.2, 0.25) is 0 Å². The lowest BCUT2D eigenvalue weighted by Gasteiger charge is -2.49. The summed E-state index contributed by atoms with van der Waals surface area (Å²) in [7, 11) is 1.51. The zero-order valence-corrected chi connectivity index (χ0v) is 14.2. The number of carboxylic acid groups (broad SMARTS) is 1. The molecule has 2 N–H and O–H groups in total. The summed E-state index contributed by atoms with van der Waals surface area (Å²) < 4.78 is 10.3. The number of methoxy groups -OCH3 is 1. The van der Waals surface area contributed by atoms with Crippen molar-refractivity contribution < 1.29 is 28.6 Å². The van der Waals surface area contributed by atoms with Crippen LogP contribution in [-0.2, 0) is 20.9 Å². The van der Waals surface area contributed by atoms with Crippen LogP contribution in [0.5, 0.6) is 0 Å². The van der Waals surface area contributed by atoms with E-state index in [9.17, 15) is 19.5 Å². The van der Waals surface area contributed by atoms with Gasteiger partial charge in [-0.05, 0) is 17.7 Å². The van der Waals surface area contributed by atoms with Gasteiger partial charge in [0, 0.05) is 12.9 Å². The maximum atomic E-state index is 12.4. The monoisotopic (exact) mass is 364 g/mol. The van der Waals surface area contributed by atoms with Crippen molar-refractivity contribution in [2.24, 2.45) is 0 Å². The number of allylic oxidation sites excluding steroid dienone is 1. The van der Waals surface area contributed by atoms with Crippen molar-refractivity contribution in [3.8, 4) is 0 Å². The van der Waals surface area contributed by atoms with Gasteiger partial charge in [0.15, 0.2) is 5.76 Å². The average molecular weight is 364 g/mol. The number of β-lactam (4-membered cyclic amide) rings is 1. The van der Waals surface area contributed by atoms with Gasteiger partial charge in [0.25, 0.3) is 11.8 Å². The molecule has 3 heterocycles. The Morgan fingerprint density at radius 1 is 1.56 bits per heavy atom. The summed E-state index contributed by atoms with van der Waals surface area (Å²) in [4.78, 5) is 37.3. The quantitative estimate of drug-likeness (QED) is 0.724. The van der Waals surface area contributed by atoms with Gasteiger partial charge in [-0.15, -0.1) is 11.8 Å². The SMILES string of the molecule is C=CC1=C(C(=O)O)N2C(=O)[C@@H](NC(=O)c3ccc(COC)o3)[C@H]2SC1. The minimum atomic E-state index is -1.19. The van der Waals surface area contributed by atoms with Crippen molar-refractivity contribution in [1.82, 2.24) is 10.2 Å². The first-order chi connectivity index (χ1) is 12.0. The zero-order chi connectivity index (χ0) is 18.1. The molecular formula is C16H16N2O6S. The highest BCUT2D eigenvalue weighted by Crippen LogP contribution is 2.40. The predicted octanol–water partition coefficient (Wildman–Crippen LogP) is 0.964. The fourth-order valence-corrected chi connectivity index (χ4v) is 4.07. The number of hydrogen-bond donors (Lipinski definition) is 2. The van der Waals surface area contributed by atoms with Gasteiger partial charge in [-0.1, -0.05) is 12.7 Å². The molecule has 2 amide bonds. The Hall–Kier alpha value is -2.52. The number of hydrogen-bond acceptors (Lipinski definition) is 6. The standard InChI is InChI=1S/C16H16N2O6S/c1-3-8-7-25-15-11(14(20)18(15)12(8)16(21)22)17-13(19)10-5-4-9(24-10)6-23-2/h3-5,11,15H,1,6-7H2,2H3,(H,17,19)(H,21,22)/t11-,15-/m1/s1. The van der Waals surface area contributed by atoms with Gasteiger partial charge >= 0.3 is 5.97 Å². The number of carbonyl (C=O) groups is 3. The van der Waals surface area contributed by atoms with E-state index < -0.39 is 29.2 Å². The first-order valence-corrected chi connectivity index (χ1v) is 8.45. The van der Waals surface area contributed by atoms with E-state index in [1.807, 2.05) is 0 Å². The number of carbonyl (C=O) groups excluding carboxylic acids is 2. The number of carboxylic acids is 1. The topological polar surface area (TPSA) is 109 Å². The van der Waals surface area contributed by atoms with Crippen molar-refractivity contribution in [1.29, 1.82) is 0 Å². The van der Waals surface area contributed by atoms with Gasteiger partial charge in [0.1, 0.15) is 29.5 Å². The van der Waals surface area contributed by atoms with Gasteiger partial charge in [-0.25, -0.2) is 4.79 Å². The summed E-state index contributed by atoms with van der Waals surface area (Å²) in [6.07, 6.45) is 1.44. The summed E-state index contributed by atoms with van der Waals surface area (Å²) in [6, 6.07) is 2.32. The van der Waals surface area contributed by atoms with Crippen LogP contribution in [0.25, 0.3) is 0 Å². The summed E-state index contributed by atoms with van der Waals surface area (Å²) in [5, 5.41) is 11.5. The molecular weight excluding hydrogens is 348 g/mol. The van der Waals surface area contributed by atoms with Crippen molar-refractivity contribution in [3.05, 3.63) is 47.6 Å². The maximum absolute atomic E-state index is 12.4. The molecule has 0 aliphatic carbocycles. The molecule has 1 aromatic heterocycles. The number of furan rings is 1. The Labute approximate surface area is 147 Å². The van der Waals surface area contributed by atoms with Crippen LogP contribution in [-0.4, -0.2) is 52.1 Å². The molecule has 2 aliphatic heterocycles. The highest BCUT2D eigenvalue weighted by molar-refractivity contribution is 8.00. The fraction of sp³-hybridized carbons (Fsp3) is 0.312. The number of aliphatic carboxylic acids is 1. The van der Waals surface area contributed by atoms with Crippen molar-refractivity contribution in [3.63, 3.8) is 0 Å². The molecule has 3 rings (SSSR count). The average Bonchev–Trinajstić information content (AvgIpc) is 3.06. The van der Waals surface area contributed by atoms with Crippen LogP contribution < -0.4 is 5.32 Å². The lowest BCUT2D eigenvalue weighted by Crippen LogP contribution is -2.70. The summed E-state index contributed by atoms with van der Waals surface area (Å²) in [6.45, 7) is 3.82. The van der Waals surface area contributed by atoms with Gasteiger partial charge in [-0.3, -0.25) is 14.5 Å². The first kappa shape index (κ1) is 17.3. The van der Waals surface area contributed by atoms with Crippen molar-refractivity contribution in [2.45, 2.75) is 18.0 Å². The third kappa shape index (κ3) is 2.96. The molecule has 8 nitrogen and oxygen atoms in total. The van der Waals surface area contributed by atoms with Gasteiger partial charge in [-0.2, -0.15) is 0 Å². The van der Waals surface area contributed by atoms with Crippen LogP contribution in [0.2, 0.25) is 0 Å². The Kier molecular flexibility index (Phi) is 4.69. The molecule has 0 aromatic carbocycles. The smallest absolute Gasteiger partial charge is 0.352 e. The molecule has 2 aliphatic rings. The number of fused-ring (bicyclic) bond motifs is 1. The van der Waals surface area contributed by atoms with E-state index >= 15 is 0 Å². The normalized spacial score (nSPS) is 22.3. The van der Waals surface area contributed by atoms with Crippen LogP contribution in [0.3, 0.4) is 0 Å². The second kappa shape index (κ2) is 6.77. The largest absolute Gasteiger partial charge is 0.477 e. The third-order valence-corrected chi connectivity index (χ3v) is 5.21. The van der Waals surface area contributed by atoms with Crippen LogP contribution in [0.15, 0.2) is 40.5 Å². The Morgan fingerprint density at radius 3 is 2.96 bits per heavy atom. The number of nitrogens with zero attached hydrogens (tertiary/aromatic N) is 1. The summed E-state index contributed by atoms with van der Waals surface area (Å²) in [5.41, 5.74) is 0.414. The molecule has 1 saturated heterocycles. The predicted molar refractivity (Wildman–Crippen MR) is 88.6 cm³/mol. The van der Waals surface area contributed by atoms with Crippen molar-refractivity contribution >= 4 is 29.5 Å². The number of thioether (sulfide) groups is 1. The molecule has 1 fully saturated rings. The highest BCUT2D eigenvalue weighted by Gasteiger charge is 2.54. The van der Waals surface area contributed by atoms with Crippen LogP contribution in [0.4, 0.5) is 0 Å². The number of rotatable bonds is 6. The second-order valence-electron chi connectivity index (χ2n) is 5.44. The second-order valence-corrected chi connectivity index (χ2v) is 6.55. The minimum Gasteiger partial charge on any atom is -0.477 e. The van der Waals surface area contributed by atoms with E-state index in [4.69, 9.17) is 9.15 Å².